The number of likely N-dealkylation sites (N-methyl/N-ethyl adjacent to an activating group) is 1. The molecule has 4 nitrogen and oxygen atoms in total. The van der Waals surface area contributed by atoms with E-state index in [0.717, 1.165) is 50.8 Å². The molecule has 0 amide bonds. The standard InChI is InChI=1S/C15H26N4/c1-4-7-16-12-14-5-6-15(17-13(14)2)19-10-8-18(3)9-11-19/h5-6,16H,4,7-12H2,1-3H3. The van der Waals surface area contributed by atoms with E-state index in [2.05, 4.69) is 48.1 Å². The fraction of sp³-hybridized carbons (Fsp3) is 0.667. The van der Waals surface area contributed by atoms with Gasteiger partial charge in [0, 0.05) is 38.4 Å². The normalized spacial score (nSPS) is 16.9. The molecule has 0 saturated carbocycles. The summed E-state index contributed by atoms with van der Waals surface area (Å²) in [5.41, 5.74) is 2.46. The van der Waals surface area contributed by atoms with Gasteiger partial charge in [-0.2, -0.15) is 0 Å². The lowest BCUT2D eigenvalue weighted by Crippen LogP contribution is -2.44. The fourth-order valence-electron chi connectivity index (χ4n) is 2.37. The van der Waals surface area contributed by atoms with Crippen LogP contribution in [0.4, 0.5) is 5.82 Å². The third kappa shape index (κ3) is 3.91. The summed E-state index contributed by atoms with van der Waals surface area (Å²) in [5.74, 6) is 1.13. The molecule has 0 radical (unpaired) electrons. The molecule has 106 valence electrons. The quantitative estimate of drug-likeness (QED) is 0.818. The molecular weight excluding hydrogens is 236 g/mol. The Bertz CT molecular complexity index is 397. The number of rotatable bonds is 5. The van der Waals surface area contributed by atoms with Gasteiger partial charge in [0.25, 0.3) is 0 Å². The smallest absolute Gasteiger partial charge is 0.128 e. The van der Waals surface area contributed by atoms with Gasteiger partial charge in [-0.05, 0) is 38.6 Å². The Morgan fingerprint density at radius 3 is 2.58 bits per heavy atom. The molecule has 0 spiro atoms. The van der Waals surface area contributed by atoms with E-state index in [1.54, 1.807) is 0 Å². The average molecular weight is 262 g/mol. The number of aromatic nitrogens is 1. The van der Waals surface area contributed by atoms with E-state index >= 15 is 0 Å². The first-order chi connectivity index (χ1) is 9.20. The third-order valence-electron chi connectivity index (χ3n) is 3.75. The summed E-state index contributed by atoms with van der Waals surface area (Å²) in [6.45, 7) is 10.7. The van der Waals surface area contributed by atoms with Crippen molar-refractivity contribution in [2.24, 2.45) is 0 Å². The van der Waals surface area contributed by atoms with Gasteiger partial charge in [-0.15, -0.1) is 0 Å². The second-order valence-corrected chi connectivity index (χ2v) is 5.38. The lowest BCUT2D eigenvalue weighted by molar-refractivity contribution is 0.312. The van der Waals surface area contributed by atoms with Crippen LogP contribution in [0.2, 0.25) is 0 Å². The molecule has 1 aromatic heterocycles. The van der Waals surface area contributed by atoms with Crippen LogP contribution in [0.15, 0.2) is 12.1 Å². The van der Waals surface area contributed by atoms with Crippen LogP contribution in [0, 0.1) is 6.92 Å². The van der Waals surface area contributed by atoms with Gasteiger partial charge < -0.3 is 15.1 Å². The molecular formula is C15H26N4. The Hall–Kier alpha value is -1.13. The molecule has 1 aromatic rings. The minimum atomic E-state index is 0.926. The van der Waals surface area contributed by atoms with E-state index < -0.39 is 0 Å². The van der Waals surface area contributed by atoms with Crippen molar-refractivity contribution in [2.75, 3.05) is 44.7 Å². The lowest BCUT2D eigenvalue weighted by Gasteiger charge is -2.33. The van der Waals surface area contributed by atoms with Crippen molar-refractivity contribution < 1.29 is 0 Å². The van der Waals surface area contributed by atoms with Crippen LogP contribution in [0.1, 0.15) is 24.6 Å². The molecule has 2 rings (SSSR count). The highest BCUT2D eigenvalue weighted by atomic mass is 15.3. The maximum absolute atomic E-state index is 4.77. The van der Waals surface area contributed by atoms with E-state index in [1.165, 1.54) is 12.0 Å². The van der Waals surface area contributed by atoms with E-state index in [-0.39, 0.29) is 0 Å². The van der Waals surface area contributed by atoms with Crippen molar-refractivity contribution in [3.63, 3.8) is 0 Å². The first kappa shape index (κ1) is 14.3. The van der Waals surface area contributed by atoms with E-state index in [1.807, 2.05) is 0 Å². The molecule has 0 atom stereocenters. The summed E-state index contributed by atoms with van der Waals surface area (Å²) in [5, 5.41) is 3.44. The highest BCUT2D eigenvalue weighted by molar-refractivity contribution is 5.42. The van der Waals surface area contributed by atoms with Crippen LogP contribution in [0.3, 0.4) is 0 Å². The van der Waals surface area contributed by atoms with Crippen molar-refractivity contribution in [3.8, 4) is 0 Å². The van der Waals surface area contributed by atoms with Crippen molar-refractivity contribution in [2.45, 2.75) is 26.8 Å². The minimum Gasteiger partial charge on any atom is -0.354 e. The summed E-state index contributed by atoms with van der Waals surface area (Å²) < 4.78 is 0. The van der Waals surface area contributed by atoms with Gasteiger partial charge >= 0.3 is 0 Å². The van der Waals surface area contributed by atoms with Gasteiger partial charge in [0.2, 0.25) is 0 Å². The van der Waals surface area contributed by atoms with Crippen molar-refractivity contribution in [1.82, 2.24) is 15.2 Å². The highest BCUT2D eigenvalue weighted by Gasteiger charge is 2.15. The molecule has 0 aliphatic carbocycles. The highest BCUT2D eigenvalue weighted by Crippen LogP contribution is 2.16. The summed E-state index contributed by atoms with van der Waals surface area (Å²) in [6, 6.07) is 4.39. The maximum Gasteiger partial charge on any atom is 0.128 e. The first-order valence-corrected chi connectivity index (χ1v) is 7.31. The summed E-state index contributed by atoms with van der Waals surface area (Å²) >= 11 is 0. The van der Waals surface area contributed by atoms with Gasteiger partial charge in [-0.3, -0.25) is 0 Å². The van der Waals surface area contributed by atoms with E-state index in [9.17, 15) is 0 Å². The molecule has 0 unspecified atom stereocenters. The molecule has 2 heterocycles. The number of aryl methyl sites for hydroxylation is 1. The molecule has 4 heteroatoms. The van der Waals surface area contributed by atoms with Crippen molar-refractivity contribution >= 4 is 5.82 Å². The maximum atomic E-state index is 4.77. The van der Waals surface area contributed by atoms with Crippen molar-refractivity contribution in [1.29, 1.82) is 0 Å². The monoisotopic (exact) mass is 262 g/mol. The SMILES string of the molecule is CCCNCc1ccc(N2CCN(C)CC2)nc1C. The number of piperazine rings is 1. The van der Waals surface area contributed by atoms with Gasteiger partial charge in [0.1, 0.15) is 5.82 Å². The fourth-order valence-corrected chi connectivity index (χ4v) is 2.37. The Morgan fingerprint density at radius 1 is 1.21 bits per heavy atom. The van der Waals surface area contributed by atoms with Crippen LogP contribution in [0.25, 0.3) is 0 Å². The van der Waals surface area contributed by atoms with E-state index in [0.29, 0.717) is 0 Å². The summed E-state index contributed by atoms with van der Waals surface area (Å²) in [6.07, 6.45) is 1.17. The zero-order chi connectivity index (χ0) is 13.7. The molecule has 0 bridgehead atoms. The zero-order valence-corrected chi connectivity index (χ0v) is 12.4. The molecule has 19 heavy (non-hydrogen) atoms. The van der Waals surface area contributed by atoms with Gasteiger partial charge in [-0.1, -0.05) is 13.0 Å². The predicted molar refractivity (Wildman–Crippen MR) is 80.7 cm³/mol. The number of pyridine rings is 1. The van der Waals surface area contributed by atoms with Crippen LogP contribution >= 0.6 is 0 Å². The second-order valence-electron chi connectivity index (χ2n) is 5.38. The zero-order valence-electron chi connectivity index (χ0n) is 12.4. The Labute approximate surface area is 116 Å². The largest absolute Gasteiger partial charge is 0.354 e. The Balaban J connectivity index is 1.98. The topological polar surface area (TPSA) is 31.4 Å². The van der Waals surface area contributed by atoms with Crippen LogP contribution in [-0.2, 0) is 6.54 Å². The Morgan fingerprint density at radius 2 is 1.95 bits per heavy atom. The molecule has 1 saturated heterocycles. The van der Waals surface area contributed by atoms with Crippen molar-refractivity contribution in [3.05, 3.63) is 23.4 Å². The molecule has 1 aliphatic rings. The molecule has 1 aliphatic heterocycles. The van der Waals surface area contributed by atoms with Crippen LogP contribution in [0.5, 0.6) is 0 Å². The van der Waals surface area contributed by atoms with Crippen LogP contribution in [-0.4, -0.2) is 49.7 Å². The Kier molecular flexibility index (Phi) is 5.16. The number of hydrogen-bond donors (Lipinski definition) is 1. The third-order valence-corrected chi connectivity index (χ3v) is 3.75. The number of nitrogens with zero attached hydrogens (tertiary/aromatic N) is 3. The summed E-state index contributed by atoms with van der Waals surface area (Å²) in [4.78, 5) is 9.52. The molecule has 0 aromatic carbocycles. The van der Waals surface area contributed by atoms with Gasteiger partial charge in [0.15, 0.2) is 0 Å². The van der Waals surface area contributed by atoms with Gasteiger partial charge in [0.05, 0.1) is 0 Å². The first-order valence-electron chi connectivity index (χ1n) is 7.31. The minimum absolute atomic E-state index is 0.926. The number of hydrogen-bond acceptors (Lipinski definition) is 4. The number of nitrogens with one attached hydrogen (secondary N) is 1. The van der Waals surface area contributed by atoms with Crippen LogP contribution < -0.4 is 10.2 Å². The molecule has 1 N–H and O–H groups in total. The average Bonchev–Trinajstić information content (AvgIpc) is 2.42. The summed E-state index contributed by atoms with van der Waals surface area (Å²) in [7, 11) is 2.18. The van der Waals surface area contributed by atoms with E-state index in [4.69, 9.17) is 4.98 Å². The second kappa shape index (κ2) is 6.87. The number of anilines is 1. The predicted octanol–water partition coefficient (Wildman–Crippen LogP) is 1.64. The molecule has 1 fully saturated rings. The lowest BCUT2D eigenvalue weighted by atomic mass is 10.2. The van der Waals surface area contributed by atoms with Gasteiger partial charge in [-0.25, -0.2) is 4.98 Å².